The molecule has 0 aromatic carbocycles. The van der Waals surface area contributed by atoms with E-state index in [2.05, 4.69) is 20.6 Å². The number of halogens is 1. The lowest BCUT2D eigenvalue weighted by atomic mass is 10.1. The van der Waals surface area contributed by atoms with Crippen molar-refractivity contribution >= 4 is 23.3 Å². The number of hydrogen-bond acceptors (Lipinski definition) is 5. The number of piperidine rings is 1. The average Bonchev–Trinajstić information content (AvgIpc) is 2.32. The van der Waals surface area contributed by atoms with Gasteiger partial charge < -0.3 is 15.4 Å². The van der Waals surface area contributed by atoms with Gasteiger partial charge in [0.2, 0.25) is 5.91 Å². The van der Waals surface area contributed by atoms with Crippen LogP contribution in [0.4, 0.5) is 5.82 Å². The van der Waals surface area contributed by atoms with Crippen LogP contribution in [0.15, 0.2) is 6.07 Å². The topological polar surface area (TPSA) is 76.1 Å². The summed E-state index contributed by atoms with van der Waals surface area (Å²) in [4.78, 5) is 19.9. The first-order chi connectivity index (χ1) is 8.69. The summed E-state index contributed by atoms with van der Waals surface area (Å²) in [5, 5.41) is 6.20. The van der Waals surface area contributed by atoms with E-state index in [1.165, 1.54) is 0 Å². The molecule has 1 amide bonds. The number of aromatic nitrogens is 2. The fraction of sp³-hybridized carbons (Fsp3) is 0.545. The van der Waals surface area contributed by atoms with Crippen molar-refractivity contribution in [1.82, 2.24) is 15.3 Å². The Morgan fingerprint density at radius 2 is 2.44 bits per heavy atom. The maximum Gasteiger partial charge on any atom is 0.242 e. The molecule has 1 aliphatic rings. The van der Waals surface area contributed by atoms with Crippen LogP contribution in [-0.4, -0.2) is 35.6 Å². The predicted molar refractivity (Wildman–Crippen MR) is 67.4 cm³/mol. The molecule has 1 fully saturated rings. The molecular formula is C11H15ClN4O2. The van der Waals surface area contributed by atoms with Crippen LogP contribution in [0, 0.1) is 0 Å². The second kappa shape index (κ2) is 5.97. The Balaban J connectivity index is 2.10. The van der Waals surface area contributed by atoms with E-state index in [1.807, 2.05) is 0 Å². The zero-order chi connectivity index (χ0) is 13.0. The number of methoxy groups -OCH3 is 1. The van der Waals surface area contributed by atoms with E-state index in [0.717, 1.165) is 19.4 Å². The maximum atomic E-state index is 11.6. The van der Waals surface area contributed by atoms with Crippen LogP contribution < -0.4 is 10.6 Å². The highest BCUT2D eigenvalue weighted by Crippen LogP contribution is 2.15. The van der Waals surface area contributed by atoms with Gasteiger partial charge in [-0.1, -0.05) is 11.6 Å². The van der Waals surface area contributed by atoms with Crippen LogP contribution in [0.3, 0.4) is 0 Å². The molecule has 0 radical (unpaired) electrons. The number of rotatable bonds is 4. The Kier molecular flexibility index (Phi) is 4.33. The van der Waals surface area contributed by atoms with E-state index in [-0.39, 0.29) is 18.6 Å². The van der Waals surface area contributed by atoms with Crippen molar-refractivity contribution in [2.45, 2.75) is 25.5 Å². The number of amides is 1. The molecule has 6 nitrogen and oxygen atoms in total. The van der Waals surface area contributed by atoms with Crippen molar-refractivity contribution in [2.24, 2.45) is 0 Å². The summed E-state index contributed by atoms with van der Waals surface area (Å²) < 4.78 is 4.96. The molecule has 1 unspecified atom stereocenters. The highest BCUT2D eigenvalue weighted by molar-refractivity contribution is 6.29. The van der Waals surface area contributed by atoms with Crippen molar-refractivity contribution in [3.63, 3.8) is 0 Å². The van der Waals surface area contributed by atoms with E-state index in [4.69, 9.17) is 16.3 Å². The van der Waals surface area contributed by atoms with Crippen molar-refractivity contribution in [3.8, 4) is 0 Å². The Hall–Kier alpha value is -1.40. The Morgan fingerprint density at radius 1 is 1.61 bits per heavy atom. The van der Waals surface area contributed by atoms with Gasteiger partial charge in [-0.2, -0.15) is 0 Å². The molecule has 2 heterocycles. The number of hydrogen-bond donors (Lipinski definition) is 2. The van der Waals surface area contributed by atoms with Gasteiger partial charge in [0.15, 0.2) is 5.82 Å². The van der Waals surface area contributed by atoms with Gasteiger partial charge in [0.05, 0.1) is 0 Å². The lowest BCUT2D eigenvalue weighted by Crippen LogP contribution is -2.44. The number of nitrogens with zero attached hydrogens (tertiary/aromatic N) is 2. The third-order valence-corrected chi connectivity index (χ3v) is 2.82. The standard InChI is InChI=1S/C11H15ClN4O2/c1-18-6-10-15-8(12)5-9(16-10)14-7-3-2-4-13-11(7)17/h5,7H,2-4,6H2,1H3,(H,13,17)(H,14,15,16). The number of carbonyl (C=O) groups is 1. The third-order valence-electron chi connectivity index (χ3n) is 2.62. The Bertz CT molecular complexity index is 441. The van der Waals surface area contributed by atoms with Gasteiger partial charge in [0.1, 0.15) is 23.6 Å². The molecule has 0 spiro atoms. The Labute approximate surface area is 110 Å². The smallest absolute Gasteiger partial charge is 0.242 e. The van der Waals surface area contributed by atoms with Crippen LogP contribution in [0.1, 0.15) is 18.7 Å². The van der Waals surface area contributed by atoms with Crippen LogP contribution in [0.2, 0.25) is 5.15 Å². The molecule has 2 N–H and O–H groups in total. The number of ether oxygens (including phenoxy) is 1. The average molecular weight is 271 g/mol. The predicted octanol–water partition coefficient (Wildman–Crippen LogP) is 0.967. The summed E-state index contributed by atoms with van der Waals surface area (Å²) in [5.41, 5.74) is 0. The summed E-state index contributed by atoms with van der Waals surface area (Å²) in [6.45, 7) is 1.02. The van der Waals surface area contributed by atoms with Gasteiger partial charge in [-0.3, -0.25) is 4.79 Å². The molecule has 1 atom stereocenters. The van der Waals surface area contributed by atoms with E-state index in [1.54, 1.807) is 13.2 Å². The van der Waals surface area contributed by atoms with Crippen molar-refractivity contribution in [1.29, 1.82) is 0 Å². The molecule has 2 rings (SSSR count). The summed E-state index contributed by atoms with van der Waals surface area (Å²) in [7, 11) is 1.56. The first-order valence-electron chi connectivity index (χ1n) is 5.75. The van der Waals surface area contributed by atoms with Crippen molar-refractivity contribution in [2.75, 3.05) is 19.0 Å². The second-order valence-electron chi connectivity index (χ2n) is 4.06. The number of carbonyl (C=O) groups excluding carboxylic acids is 1. The largest absolute Gasteiger partial charge is 0.377 e. The van der Waals surface area contributed by atoms with Gasteiger partial charge in [0.25, 0.3) is 0 Å². The molecule has 0 aliphatic carbocycles. The van der Waals surface area contributed by atoms with Gasteiger partial charge >= 0.3 is 0 Å². The maximum absolute atomic E-state index is 11.6. The van der Waals surface area contributed by atoms with Crippen LogP contribution in [0.25, 0.3) is 0 Å². The van der Waals surface area contributed by atoms with E-state index < -0.39 is 0 Å². The first kappa shape index (κ1) is 13.0. The monoisotopic (exact) mass is 270 g/mol. The molecule has 1 aromatic heterocycles. The Morgan fingerprint density at radius 3 is 3.17 bits per heavy atom. The van der Waals surface area contributed by atoms with Gasteiger partial charge in [-0.15, -0.1) is 0 Å². The van der Waals surface area contributed by atoms with Crippen molar-refractivity contribution in [3.05, 3.63) is 17.0 Å². The highest BCUT2D eigenvalue weighted by atomic mass is 35.5. The van der Waals surface area contributed by atoms with Crippen LogP contribution >= 0.6 is 11.6 Å². The molecule has 1 aliphatic heterocycles. The normalized spacial score (nSPS) is 19.4. The zero-order valence-corrected chi connectivity index (χ0v) is 10.8. The summed E-state index contributed by atoms with van der Waals surface area (Å²) >= 11 is 5.89. The first-order valence-corrected chi connectivity index (χ1v) is 6.13. The summed E-state index contributed by atoms with van der Waals surface area (Å²) in [6, 6.07) is 1.34. The van der Waals surface area contributed by atoms with E-state index in [9.17, 15) is 4.79 Å². The number of anilines is 1. The lowest BCUT2D eigenvalue weighted by molar-refractivity contribution is -0.123. The van der Waals surface area contributed by atoms with Gasteiger partial charge in [0, 0.05) is 19.7 Å². The molecule has 18 heavy (non-hydrogen) atoms. The lowest BCUT2D eigenvalue weighted by Gasteiger charge is -2.23. The molecule has 0 saturated carbocycles. The molecule has 7 heteroatoms. The molecule has 98 valence electrons. The van der Waals surface area contributed by atoms with E-state index >= 15 is 0 Å². The van der Waals surface area contributed by atoms with Crippen molar-refractivity contribution < 1.29 is 9.53 Å². The fourth-order valence-corrected chi connectivity index (χ4v) is 2.02. The molecular weight excluding hydrogens is 256 g/mol. The molecule has 0 bridgehead atoms. The minimum atomic E-state index is -0.264. The van der Waals surface area contributed by atoms with Gasteiger partial charge in [-0.25, -0.2) is 9.97 Å². The third kappa shape index (κ3) is 3.30. The SMILES string of the molecule is COCc1nc(Cl)cc(NC2CCCNC2=O)n1. The summed E-state index contributed by atoms with van der Waals surface area (Å²) in [5.74, 6) is 1.03. The van der Waals surface area contributed by atoms with Gasteiger partial charge in [-0.05, 0) is 12.8 Å². The van der Waals surface area contributed by atoms with Crippen LogP contribution in [0.5, 0.6) is 0 Å². The molecule has 1 saturated heterocycles. The fourth-order valence-electron chi connectivity index (χ4n) is 1.82. The quantitative estimate of drug-likeness (QED) is 0.797. The van der Waals surface area contributed by atoms with Crippen LogP contribution in [-0.2, 0) is 16.1 Å². The number of nitrogens with one attached hydrogen (secondary N) is 2. The summed E-state index contributed by atoms with van der Waals surface area (Å²) in [6.07, 6.45) is 1.74. The zero-order valence-electron chi connectivity index (χ0n) is 10.1. The highest BCUT2D eigenvalue weighted by Gasteiger charge is 2.22. The molecule has 1 aromatic rings. The second-order valence-corrected chi connectivity index (χ2v) is 4.44. The minimum absolute atomic E-state index is 0.00993. The minimum Gasteiger partial charge on any atom is -0.377 e. The van der Waals surface area contributed by atoms with E-state index in [0.29, 0.717) is 16.8 Å².